The number of likely N-dealkylation sites (N-methyl/N-ethyl adjacent to an activating group) is 1. The second-order valence-electron chi connectivity index (χ2n) is 9.82. The van der Waals surface area contributed by atoms with Crippen LogP contribution in [0.4, 0.5) is 5.95 Å². The topological polar surface area (TPSA) is 107 Å². The van der Waals surface area contributed by atoms with E-state index in [9.17, 15) is 4.79 Å². The van der Waals surface area contributed by atoms with Crippen LogP contribution in [0, 0.1) is 13.8 Å². The second kappa shape index (κ2) is 9.14. The fraction of sp³-hybridized carbons (Fsp3) is 0.480. The molecule has 0 bridgehead atoms. The highest BCUT2D eigenvalue weighted by Gasteiger charge is 2.31. The molecule has 0 radical (unpaired) electrons. The zero-order valence-corrected chi connectivity index (χ0v) is 20.8. The van der Waals surface area contributed by atoms with Crippen LogP contribution < -0.4 is 10.5 Å². The summed E-state index contributed by atoms with van der Waals surface area (Å²) in [7, 11) is 2.11. The summed E-state index contributed by atoms with van der Waals surface area (Å²) >= 11 is 0. The molecule has 0 spiro atoms. The van der Waals surface area contributed by atoms with Crippen molar-refractivity contribution in [3.05, 3.63) is 69.5 Å². The van der Waals surface area contributed by atoms with Gasteiger partial charge in [-0.25, -0.2) is 4.98 Å². The highest BCUT2D eigenvalue weighted by Crippen LogP contribution is 2.37. The molecule has 1 aromatic carbocycles. The normalized spacial score (nSPS) is 21.0. The Balaban J connectivity index is 1.19. The number of hydrogen-bond acceptors (Lipinski definition) is 9. The molecule has 4 aromatic rings. The zero-order chi connectivity index (χ0) is 24.8. The molecule has 2 saturated heterocycles. The summed E-state index contributed by atoms with van der Waals surface area (Å²) in [5.41, 5.74) is 3.33. The highest BCUT2D eigenvalue weighted by molar-refractivity contribution is 5.56. The van der Waals surface area contributed by atoms with Crippen molar-refractivity contribution in [1.29, 1.82) is 0 Å². The SMILES string of the molecule is Cc1ccc([C@H]2C[C@H](c3noc(Cn4cnn5c(N6CCN(C)CC6)nc(C)c5c4=O)n3)CO2)cc1. The van der Waals surface area contributed by atoms with Gasteiger partial charge in [0.15, 0.2) is 11.3 Å². The lowest BCUT2D eigenvalue weighted by Crippen LogP contribution is -2.45. The molecule has 3 aromatic heterocycles. The van der Waals surface area contributed by atoms with Crippen LogP contribution in [0.5, 0.6) is 0 Å². The van der Waals surface area contributed by atoms with E-state index in [-0.39, 0.29) is 24.1 Å². The Morgan fingerprint density at radius 1 is 1.06 bits per heavy atom. The predicted molar refractivity (Wildman–Crippen MR) is 132 cm³/mol. The number of benzene rings is 1. The van der Waals surface area contributed by atoms with Gasteiger partial charge in [-0.1, -0.05) is 35.0 Å². The maximum Gasteiger partial charge on any atom is 0.280 e. The van der Waals surface area contributed by atoms with Crippen LogP contribution in [0.25, 0.3) is 5.52 Å². The molecule has 36 heavy (non-hydrogen) atoms. The molecule has 2 fully saturated rings. The summed E-state index contributed by atoms with van der Waals surface area (Å²) in [6, 6.07) is 8.40. The maximum atomic E-state index is 13.3. The van der Waals surface area contributed by atoms with Gasteiger partial charge in [0.1, 0.15) is 12.9 Å². The molecule has 11 heteroatoms. The van der Waals surface area contributed by atoms with Crippen molar-refractivity contribution >= 4 is 11.5 Å². The molecule has 0 amide bonds. The minimum atomic E-state index is -0.182. The number of anilines is 1. The van der Waals surface area contributed by atoms with Crippen LogP contribution in [-0.2, 0) is 11.3 Å². The molecule has 2 atom stereocenters. The van der Waals surface area contributed by atoms with Crippen molar-refractivity contribution in [3.63, 3.8) is 0 Å². The average Bonchev–Trinajstić information content (AvgIpc) is 3.61. The van der Waals surface area contributed by atoms with E-state index >= 15 is 0 Å². The minimum absolute atomic E-state index is 0.0196. The maximum absolute atomic E-state index is 13.3. The largest absolute Gasteiger partial charge is 0.373 e. The van der Waals surface area contributed by atoms with Crippen LogP contribution >= 0.6 is 0 Å². The number of aryl methyl sites for hydroxylation is 2. The predicted octanol–water partition coefficient (Wildman–Crippen LogP) is 1.94. The van der Waals surface area contributed by atoms with Gasteiger partial charge in [0.2, 0.25) is 11.8 Å². The first-order chi connectivity index (χ1) is 17.5. The third-order valence-corrected chi connectivity index (χ3v) is 7.17. The average molecular weight is 491 g/mol. The molecule has 0 N–H and O–H groups in total. The highest BCUT2D eigenvalue weighted by atomic mass is 16.5. The molecule has 11 nitrogen and oxygen atoms in total. The van der Waals surface area contributed by atoms with Gasteiger partial charge in [-0.05, 0) is 32.9 Å². The Hall–Kier alpha value is -3.57. The van der Waals surface area contributed by atoms with Gasteiger partial charge in [-0.15, -0.1) is 0 Å². The standard InChI is InChI=1S/C25H30N8O3/c1-16-4-6-18(7-5-16)20-12-19(14-35-20)23-28-21(36-29-23)13-32-15-26-33-22(24(32)34)17(2)27-25(33)31-10-8-30(3)9-11-31/h4-7,15,19-20H,8-14H2,1-3H3/t19-,20+/m0/s1. The fourth-order valence-electron chi connectivity index (χ4n) is 4.95. The molecule has 0 aliphatic carbocycles. The quantitative estimate of drug-likeness (QED) is 0.415. The van der Waals surface area contributed by atoms with Gasteiger partial charge in [0.25, 0.3) is 5.56 Å². The van der Waals surface area contributed by atoms with Crippen molar-refractivity contribution in [3.8, 4) is 0 Å². The molecule has 5 heterocycles. The van der Waals surface area contributed by atoms with Crippen molar-refractivity contribution in [2.75, 3.05) is 44.7 Å². The Bertz CT molecular complexity index is 1430. The van der Waals surface area contributed by atoms with Crippen molar-refractivity contribution < 1.29 is 9.26 Å². The van der Waals surface area contributed by atoms with Crippen LogP contribution in [-0.4, -0.2) is 74.0 Å². The van der Waals surface area contributed by atoms with E-state index in [0.29, 0.717) is 35.5 Å². The van der Waals surface area contributed by atoms with Gasteiger partial charge in [-0.2, -0.15) is 14.6 Å². The molecule has 0 saturated carbocycles. The Morgan fingerprint density at radius 2 is 1.83 bits per heavy atom. The molecule has 2 aliphatic rings. The number of piperazine rings is 1. The van der Waals surface area contributed by atoms with Crippen LogP contribution in [0.15, 0.2) is 39.9 Å². The van der Waals surface area contributed by atoms with E-state index in [1.54, 1.807) is 4.52 Å². The number of aromatic nitrogens is 6. The number of ether oxygens (including phenoxy) is 1. The first kappa shape index (κ1) is 22.9. The molecule has 188 valence electrons. The Kier molecular flexibility index (Phi) is 5.81. The van der Waals surface area contributed by atoms with Crippen LogP contribution in [0.2, 0.25) is 0 Å². The number of nitrogens with zero attached hydrogens (tertiary/aromatic N) is 8. The van der Waals surface area contributed by atoms with E-state index in [1.165, 1.54) is 16.5 Å². The molecular formula is C25H30N8O3. The molecule has 6 rings (SSSR count). The summed E-state index contributed by atoms with van der Waals surface area (Å²) in [5, 5.41) is 8.73. The van der Waals surface area contributed by atoms with Crippen LogP contribution in [0.3, 0.4) is 0 Å². The first-order valence-corrected chi connectivity index (χ1v) is 12.3. The fourth-order valence-corrected chi connectivity index (χ4v) is 4.95. The van der Waals surface area contributed by atoms with E-state index in [2.05, 4.69) is 68.3 Å². The smallest absolute Gasteiger partial charge is 0.280 e. The third-order valence-electron chi connectivity index (χ3n) is 7.17. The van der Waals surface area contributed by atoms with Crippen molar-refractivity contribution in [2.24, 2.45) is 0 Å². The lowest BCUT2D eigenvalue weighted by atomic mass is 9.99. The molecular weight excluding hydrogens is 460 g/mol. The summed E-state index contributed by atoms with van der Waals surface area (Å²) in [5.74, 6) is 1.74. The van der Waals surface area contributed by atoms with Gasteiger partial charge in [-0.3, -0.25) is 9.36 Å². The third kappa shape index (κ3) is 4.18. The number of hydrogen-bond donors (Lipinski definition) is 0. The van der Waals surface area contributed by atoms with Gasteiger partial charge < -0.3 is 19.1 Å². The number of fused-ring (bicyclic) bond motifs is 1. The summed E-state index contributed by atoms with van der Waals surface area (Å²) < 4.78 is 14.7. The monoisotopic (exact) mass is 490 g/mol. The van der Waals surface area contributed by atoms with E-state index in [0.717, 1.165) is 38.2 Å². The summed E-state index contributed by atoms with van der Waals surface area (Å²) in [4.78, 5) is 27.0. The lowest BCUT2D eigenvalue weighted by molar-refractivity contribution is 0.110. The Morgan fingerprint density at radius 3 is 2.61 bits per heavy atom. The van der Waals surface area contributed by atoms with Gasteiger partial charge in [0, 0.05) is 32.1 Å². The molecule has 0 unspecified atom stereocenters. The minimum Gasteiger partial charge on any atom is -0.373 e. The lowest BCUT2D eigenvalue weighted by Gasteiger charge is -2.32. The zero-order valence-electron chi connectivity index (χ0n) is 20.8. The first-order valence-electron chi connectivity index (χ1n) is 12.3. The number of rotatable bonds is 5. The van der Waals surface area contributed by atoms with Gasteiger partial charge in [0.05, 0.1) is 18.4 Å². The van der Waals surface area contributed by atoms with Crippen LogP contribution in [0.1, 0.15) is 47.0 Å². The second-order valence-corrected chi connectivity index (χ2v) is 9.82. The Labute approximate surface area is 208 Å². The van der Waals surface area contributed by atoms with Gasteiger partial charge >= 0.3 is 0 Å². The van der Waals surface area contributed by atoms with Crippen molar-refractivity contribution in [2.45, 2.75) is 38.8 Å². The van der Waals surface area contributed by atoms with Crippen molar-refractivity contribution in [1.82, 2.24) is 34.2 Å². The van der Waals surface area contributed by atoms with E-state index in [1.807, 2.05) is 6.92 Å². The number of imidazole rings is 1. The summed E-state index contributed by atoms with van der Waals surface area (Å²) in [6.45, 7) is 8.19. The molecule has 2 aliphatic heterocycles. The van der Waals surface area contributed by atoms with E-state index < -0.39 is 0 Å². The summed E-state index contributed by atoms with van der Waals surface area (Å²) in [6.07, 6.45) is 2.33. The van der Waals surface area contributed by atoms with E-state index in [4.69, 9.17) is 9.26 Å².